The molecule has 0 saturated carbocycles. The number of carboxylic acid groups (broad SMARTS) is 1. The van der Waals surface area contributed by atoms with Crippen LogP contribution in [0.15, 0.2) is 15.9 Å². The summed E-state index contributed by atoms with van der Waals surface area (Å²) < 4.78 is 5.89. The Bertz CT molecular complexity index is 457. The molecule has 1 unspecified atom stereocenters. The van der Waals surface area contributed by atoms with Gasteiger partial charge in [0.05, 0.1) is 10.4 Å². The average molecular weight is 349 g/mol. The van der Waals surface area contributed by atoms with Crippen molar-refractivity contribution < 1.29 is 19.4 Å². The van der Waals surface area contributed by atoms with E-state index < -0.39 is 17.4 Å². The fourth-order valence-electron chi connectivity index (χ4n) is 1.97. The summed E-state index contributed by atoms with van der Waals surface area (Å²) in [5.74, 6) is -1.76. The third-order valence-electron chi connectivity index (χ3n) is 2.86. The number of carbonyl (C=O) groups excluding carboxylic acids is 1. The molecule has 1 atom stereocenters. The van der Waals surface area contributed by atoms with Gasteiger partial charge in [0.1, 0.15) is 0 Å². The van der Waals surface area contributed by atoms with Crippen molar-refractivity contribution >= 4 is 39.2 Å². The maximum atomic E-state index is 12.1. The van der Waals surface area contributed by atoms with Crippen LogP contribution in [-0.2, 0) is 20.7 Å². The van der Waals surface area contributed by atoms with Crippen molar-refractivity contribution in [3.05, 3.63) is 20.8 Å². The average Bonchev–Trinajstić information content (AvgIpc) is 2.74. The van der Waals surface area contributed by atoms with E-state index in [0.29, 0.717) is 6.42 Å². The third-order valence-corrected chi connectivity index (χ3v) is 4.48. The van der Waals surface area contributed by atoms with Crippen molar-refractivity contribution in [3.8, 4) is 0 Å². The first-order valence-corrected chi connectivity index (χ1v) is 7.72. The fourth-order valence-corrected chi connectivity index (χ4v) is 3.57. The molecular weight excluding hydrogens is 332 g/mol. The maximum absolute atomic E-state index is 12.1. The number of carboxylic acids is 1. The van der Waals surface area contributed by atoms with Crippen molar-refractivity contribution in [2.24, 2.45) is 5.41 Å². The molecule has 0 aliphatic heterocycles. The molecule has 1 aromatic heterocycles. The summed E-state index contributed by atoms with van der Waals surface area (Å²) in [7, 11) is 0. The van der Waals surface area contributed by atoms with Gasteiger partial charge < -0.3 is 9.84 Å². The highest BCUT2D eigenvalue weighted by Crippen LogP contribution is 2.34. The lowest BCUT2D eigenvalue weighted by atomic mass is 9.79. The van der Waals surface area contributed by atoms with Crippen LogP contribution in [-0.4, -0.2) is 23.7 Å². The van der Waals surface area contributed by atoms with E-state index in [2.05, 4.69) is 15.9 Å². The van der Waals surface area contributed by atoms with Gasteiger partial charge in [0.25, 0.3) is 0 Å². The molecule has 0 bridgehead atoms. The number of halogens is 1. The van der Waals surface area contributed by atoms with Gasteiger partial charge in [0.15, 0.2) is 5.41 Å². The van der Waals surface area contributed by atoms with Crippen LogP contribution >= 0.6 is 27.3 Å². The second-order valence-corrected chi connectivity index (χ2v) is 6.79. The monoisotopic (exact) mass is 348 g/mol. The molecule has 1 rings (SSSR count). The topological polar surface area (TPSA) is 63.6 Å². The Morgan fingerprint density at radius 2 is 2.11 bits per heavy atom. The quantitative estimate of drug-likeness (QED) is 0.605. The second-order valence-electron chi connectivity index (χ2n) is 4.24. The van der Waals surface area contributed by atoms with E-state index in [1.165, 1.54) is 11.3 Å². The van der Waals surface area contributed by atoms with Crippen LogP contribution in [0.2, 0.25) is 0 Å². The molecule has 106 valence electrons. The first-order valence-electron chi connectivity index (χ1n) is 6.11. The van der Waals surface area contributed by atoms with Crippen LogP contribution in [0.25, 0.3) is 0 Å². The Morgan fingerprint density at radius 1 is 1.42 bits per heavy atom. The summed E-state index contributed by atoms with van der Waals surface area (Å²) in [5.41, 5.74) is -1.48. The van der Waals surface area contributed by atoms with E-state index >= 15 is 0 Å². The van der Waals surface area contributed by atoms with E-state index in [1.54, 1.807) is 6.92 Å². The summed E-state index contributed by atoms with van der Waals surface area (Å²) in [6, 6.07) is 3.69. The summed E-state index contributed by atoms with van der Waals surface area (Å²) in [4.78, 5) is 24.6. The van der Waals surface area contributed by atoms with Gasteiger partial charge in [-0.2, -0.15) is 0 Å². The van der Waals surface area contributed by atoms with Crippen LogP contribution in [0.4, 0.5) is 0 Å². The van der Waals surface area contributed by atoms with Crippen LogP contribution < -0.4 is 0 Å². The van der Waals surface area contributed by atoms with E-state index in [0.717, 1.165) is 8.66 Å². The highest BCUT2D eigenvalue weighted by atomic mass is 79.9. The fraction of sp³-hybridized carbons (Fsp3) is 0.538. The number of carbonyl (C=O) groups is 2. The number of ether oxygens (including phenoxy) is 1. The zero-order valence-electron chi connectivity index (χ0n) is 10.9. The Balaban J connectivity index is 3.08. The molecule has 0 aromatic carbocycles. The predicted molar refractivity (Wildman–Crippen MR) is 77.3 cm³/mol. The van der Waals surface area contributed by atoms with Gasteiger partial charge in [-0.3, -0.25) is 9.59 Å². The van der Waals surface area contributed by atoms with Crippen molar-refractivity contribution in [1.82, 2.24) is 0 Å². The van der Waals surface area contributed by atoms with Gasteiger partial charge in [0, 0.05) is 11.3 Å². The molecule has 1 aromatic rings. The Hall–Kier alpha value is -0.880. The second kappa shape index (κ2) is 7.05. The number of hydrogen-bond acceptors (Lipinski definition) is 4. The van der Waals surface area contributed by atoms with Crippen LogP contribution in [0, 0.1) is 5.41 Å². The molecule has 0 saturated heterocycles. The number of rotatable bonds is 7. The maximum Gasteiger partial charge on any atom is 0.323 e. The molecule has 4 nitrogen and oxygen atoms in total. The van der Waals surface area contributed by atoms with Gasteiger partial charge in [0.2, 0.25) is 0 Å². The normalized spacial score (nSPS) is 13.8. The molecule has 1 heterocycles. The lowest BCUT2D eigenvalue weighted by molar-refractivity contribution is -0.169. The Kier molecular flexibility index (Phi) is 6.00. The van der Waals surface area contributed by atoms with Crippen LogP contribution in [0.5, 0.6) is 0 Å². The molecule has 0 aliphatic rings. The van der Waals surface area contributed by atoms with E-state index in [1.807, 2.05) is 19.1 Å². The standard InChI is InChI=1S/C13H17BrO4S/c1-3-7-13(11(15)16,12(17)18-4-2)8-9-5-6-10(14)19-9/h5-6H,3-4,7-8H2,1-2H3,(H,15,16). The summed E-state index contributed by atoms with van der Waals surface area (Å²) in [6.45, 7) is 3.73. The first-order chi connectivity index (χ1) is 8.96. The van der Waals surface area contributed by atoms with Gasteiger partial charge in [-0.25, -0.2) is 0 Å². The molecular formula is C13H17BrO4S. The number of thiophene rings is 1. The van der Waals surface area contributed by atoms with Crippen molar-refractivity contribution in [3.63, 3.8) is 0 Å². The highest BCUT2D eigenvalue weighted by Gasteiger charge is 2.47. The summed E-state index contributed by atoms with van der Waals surface area (Å²) >= 11 is 4.78. The van der Waals surface area contributed by atoms with E-state index in [9.17, 15) is 14.7 Å². The molecule has 0 radical (unpaired) electrons. The SMILES string of the molecule is CCCC(Cc1ccc(Br)s1)(C(=O)O)C(=O)OCC. The number of esters is 1. The molecule has 0 amide bonds. The summed E-state index contributed by atoms with van der Waals surface area (Å²) in [5, 5.41) is 9.51. The molecule has 0 spiro atoms. The third kappa shape index (κ3) is 3.79. The smallest absolute Gasteiger partial charge is 0.323 e. The first kappa shape index (κ1) is 16.2. The van der Waals surface area contributed by atoms with Gasteiger partial charge in [-0.15, -0.1) is 11.3 Å². The van der Waals surface area contributed by atoms with Crippen molar-refractivity contribution in [2.45, 2.75) is 33.1 Å². The molecule has 0 aliphatic carbocycles. The largest absolute Gasteiger partial charge is 0.480 e. The van der Waals surface area contributed by atoms with Gasteiger partial charge in [-0.05, 0) is 41.4 Å². The summed E-state index contributed by atoms with van der Waals surface area (Å²) in [6.07, 6.45) is 1.06. The number of aliphatic carboxylic acids is 1. The lowest BCUT2D eigenvalue weighted by Crippen LogP contribution is -2.42. The number of hydrogen-bond donors (Lipinski definition) is 1. The molecule has 0 fully saturated rings. The molecule has 19 heavy (non-hydrogen) atoms. The van der Waals surface area contributed by atoms with Crippen molar-refractivity contribution in [2.75, 3.05) is 6.61 Å². The van der Waals surface area contributed by atoms with Crippen LogP contribution in [0.1, 0.15) is 31.6 Å². The van der Waals surface area contributed by atoms with E-state index in [4.69, 9.17) is 4.74 Å². The zero-order valence-corrected chi connectivity index (χ0v) is 13.3. The molecule has 6 heteroatoms. The van der Waals surface area contributed by atoms with Gasteiger partial charge in [-0.1, -0.05) is 13.3 Å². The van der Waals surface area contributed by atoms with Gasteiger partial charge >= 0.3 is 11.9 Å². The molecule has 1 N–H and O–H groups in total. The predicted octanol–water partition coefficient (Wildman–Crippen LogP) is 3.49. The zero-order chi connectivity index (χ0) is 14.5. The Morgan fingerprint density at radius 3 is 2.53 bits per heavy atom. The lowest BCUT2D eigenvalue weighted by Gasteiger charge is -2.26. The minimum atomic E-state index is -1.48. The van der Waals surface area contributed by atoms with E-state index in [-0.39, 0.29) is 19.4 Å². The Labute approximate surface area is 124 Å². The minimum absolute atomic E-state index is 0.172. The minimum Gasteiger partial charge on any atom is -0.480 e. The van der Waals surface area contributed by atoms with Crippen molar-refractivity contribution in [1.29, 1.82) is 0 Å². The van der Waals surface area contributed by atoms with Crippen LogP contribution in [0.3, 0.4) is 0 Å². The highest BCUT2D eigenvalue weighted by molar-refractivity contribution is 9.11.